The normalized spacial score (nSPS) is 10.5. The summed E-state index contributed by atoms with van der Waals surface area (Å²) in [6.45, 7) is -0.343. The zero-order valence-electron chi connectivity index (χ0n) is 17.6. The Hall–Kier alpha value is -4.53. The first-order valence-corrected chi connectivity index (χ1v) is 9.77. The maximum Gasteiger partial charge on any atom is 0.343 e. The van der Waals surface area contributed by atoms with Gasteiger partial charge in [0.15, 0.2) is 11.5 Å². The quantitative estimate of drug-likeness (QED) is 0.238. The number of halogens is 1. The summed E-state index contributed by atoms with van der Waals surface area (Å²) < 4.78 is 23.8. The van der Waals surface area contributed by atoms with E-state index in [4.69, 9.17) is 9.47 Å². The molecule has 3 aromatic rings. The van der Waals surface area contributed by atoms with Crippen LogP contribution in [0.1, 0.15) is 26.3 Å². The average Bonchev–Trinajstić information content (AvgIpc) is 2.83. The summed E-state index contributed by atoms with van der Waals surface area (Å²) in [6, 6.07) is 18.4. The van der Waals surface area contributed by atoms with Gasteiger partial charge in [-0.25, -0.2) is 14.6 Å². The van der Waals surface area contributed by atoms with Crippen molar-refractivity contribution in [3.05, 3.63) is 95.3 Å². The number of benzene rings is 3. The van der Waals surface area contributed by atoms with E-state index in [1.54, 1.807) is 48.5 Å². The molecule has 9 heteroatoms. The van der Waals surface area contributed by atoms with Crippen LogP contribution in [0.25, 0.3) is 0 Å². The highest BCUT2D eigenvalue weighted by atomic mass is 19.1. The van der Waals surface area contributed by atoms with Gasteiger partial charge in [-0.1, -0.05) is 24.3 Å². The van der Waals surface area contributed by atoms with E-state index in [9.17, 15) is 18.8 Å². The van der Waals surface area contributed by atoms with Gasteiger partial charge in [0, 0.05) is 5.56 Å². The zero-order chi connectivity index (χ0) is 23.6. The number of carbonyl (C=O) groups is 3. The van der Waals surface area contributed by atoms with E-state index in [-0.39, 0.29) is 17.9 Å². The largest absolute Gasteiger partial charge is 0.493 e. The molecule has 168 valence electrons. The number of hydrogen-bond donors (Lipinski definition) is 2. The summed E-state index contributed by atoms with van der Waals surface area (Å²) in [5.74, 6) is -1.70. The van der Waals surface area contributed by atoms with Crippen molar-refractivity contribution in [3.8, 4) is 11.5 Å². The summed E-state index contributed by atoms with van der Waals surface area (Å²) in [5, 5.41) is 6.19. The Morgan fingerprint density at radius 3 is 2.42 bits per heavy atom. The number of ether oxygens (including phenoxy) is 2. The first kappa shape index (κ1) is 23.1. The van der Waals surface area contributed by atoms with Gasteiger partial charge < -0.3 is 14.8 Å². The predicted molar refractivity (Wildman–Crippen MR) is 119 cm³/mol. The Morgan fingerprint density at radius 2 is 1.70 bits per heavy atom. The molecule has 0 atom stereocenters. The third kappa shape index (κ3) is 6.73. The smallest absolute Gasteiger partial charge is 0.343 e. The molecule has 0 bridgehead atoms. The lowest BCUT2D eigenvalue weighted by Gasteiger charge is -2.10. The molecule has 0 aliphatic rings. The van der Waals surface area contributed by atoms with E-state index in [0.29, 0.717) is 16.9 Å². The molecule has 0 aromatic heterocycles. The fourth-order valence-electron chi connectivity index (χ4n) is 2.69. The molecule has 0 aliphatic carbocycles. The second-order valence-electron chi connectivity index (χ2n) is 6.65. The van der Waals surface area contributed by atoms with E-state index in [2.05, 4.69) is 15.8 Å². The molecule has 8 nitrogen and oxygen atoms in total. The van der Waals surface area contributed by atoms with E-state index in [1.807, 2.05) is 0 Å². The summed E-state index contributed by atoms with van der Waals surface area (Å²) in [7, 11) is 1.43. The molecule has 0 fully saturated rings. The topological polar surface area (TPSA) is 106 Å². The highest BCUT2D eigenvalue weighted by Gasteiger charge is 2.12. The molecule has 0 heterocycles. The van der Waals surface area contributed by atoms with Crippen molar-refractivity contribution >= 4 is 24.0 Å². The van der Waals surface area contributed by atoms with Crippen molar-refractivity contribution in [2.75, 3.05) is 13.7 Å². The van der Waals surface area contributed by atoms with Crippen LogP contribution >= 0.6 is 0 Å². The fraction of sp³-hybridized carbons (Fsp3) is 0.0833. The van der Waals surface area contributed by atoms with Gasteiger partial charge in [0.2, 0.25) is 0 Å². The molecule has 0 unspecified atom stereocenters. The van der Waals surface area contributed by atoms with Crippen LogP contribution in [0.5, 0.6) is 11.5 Å². The Labute approximate surface area is 189 Å². The van der Waals surface area contributed by atoms with Crippen molar-refractivity contribution < 1.29 is 28.2 Å². The van der Waals surface area contributed by atoms with Crippen LogP contribution in [0.2, 0.25) is 0 Å². The van der Waals surface area contributed by atoms with Crippen molar-refractivity contribution in [2.45, 2.75) is 0 Å². The molecule has 0 spiro atoms. The number of amides is 2. The Balaban J connectivity index is 1.53. The summed E-state index contributed by atoms with van der Waals surface area (Å²) in [5.41, 5.74) is 3.34. The molecule has 0 saturated carbocycles. The van der Waals surface area contributed by atoms with Gasteiger partial charge in [-0.2, -0.15) is 5.10 Å². The summed E-state index contributed by atoms with van der Waals surface area (Å²) >= 11 is 0. The molecule has 0 aliphatic heterocycles. The van der Waals surface area contributed by atoms with Crippen LogP contribution in [0, 0.1) is 5.82 Å². The lowest BCUT2D eigenvalue weighted by molar-refractivity contribution is -0.120. The standard InChI is InChI=1S/C24H20FN3O5/c1-32-21-12-16(10-11-20(21)33-24(31)17-6-3-2-4-7-17)14-27-28-22(29)15-26-23(30)18-8-5-9-19(25)13-18/h2-14H,15H2,1H3,(H,26,30)(H,28,29)/b27-14+. The number of nitrogens with one attached hydrogen (secondary N) is 2. The zero-order valence-corrected chi connectivity index (χ0v) is 17.6. The monoisotopic (exact) mass is 449 g/mol. The number of methoxy groups -OCH3 is 1. The van der Waals surface area contributed by atoms with E-state index in [1.165, 1.54) is 31.5 Å². The van der Waals surface area contributed by atoms with Gasteiger partial charge in [-0.15, -0.1) is 0 Å². The van der Waals surface area contributed by atoms with Gasteiger partial charge in [-0.05, 0) is 54.1 Å². The van der Waals surface area contributed by atoms with Crippen molar-refractivity contribution in [1.82, 2.24) is 10.7 Å². The minimum atomic E-state index is -0.584. The van der Waals surface area contributed by atoms with Gasteiger partial charge in [0.1, 0.15) is 5.82 Å². The minimum Gasteiger partial charge on any atom is -0.493 e. The summed E-state index contributed by atoms with van der Waals surface area (Å²) in [6.07, 6.45) is 1.36. The molecular weight excluding hydrogens is 429 g/mol. The molecule has 0 saturated heterocycles. The maximum absolute atomic E-state index is 13.2. The first-order chi connectivity index (χ1) is 16.0. The van der Waals surface area contributed by atoms with Crippen molar-refractivity contribution in [2.24, 2.45) is 5.10 Å². The van der Waals surface area contributed by atoms with Crippen molar-refractivity contribution in [1.29, 1.82) is 0 Å². The molecule has 3 rings (SSSR count). The third-order valence-electron chi connectivity index (χ3n) is 4.30. The Kier molecular flexibility index (Phi) is 7.85. The van der Waals surface area contributed by atoms with Crippen LogP contribution in [0.15, 0.2) is 77.9 Å². The number of hydrogen-bond acceptors (Lipinski definition) is 6. The first-order valence-electron chi connectivity index (χ1n) is 9.77. The SMILES string of the molecule is COc1cc(/C=N/NC(=O)CNC(=O)c2cccc(F)c2)ccc1OC(=O)c1ccccc1. The van der Waals surface area contributed by atoms with Crippen LogP contribution in [-0.4, -0.2) is 37.7 Å². The molecule has 3 aromatic carbocycles. The van der Waals surface area contributed by atoms with E-state index >= 15 is 0 Å². The second-order valence-corrected chi connectivity index (χ2v) is 6.65. The average molecular weight is 449 g/mol. The predicted octanol–water partition coefficient (Wildman–Crippen LogP) is 2.93. The van der Waals surface area contributed by atoms with Gasteiger partial charge in [-0.3, -0.25) is 9.59 Å². The number of carbonyl (C=O) groups excluding carboxylic acids is 3. The van der Waals surface area contributed by atoms with Crippen LogP contribution in [0.4, 0.5) is 4.39 Å². The molecule has 2 amide bonds. The number of nitrogens with zero attached hydrogens (tertiary/aromatic N) is 1. The highest BCUT2D eigenvalue weighted by Crippen LogP contribution is 2.28. The van der Waals surface area contributed by atoms with Crippen LogP contribution in [-0.2, 0) is 4.79 Å². The Morgan fingerprint density at radius 1 is 0.939 bits per heavy atom. The maximum atomic E-state index is 13.2. The van der Waals surface area contributed by atoms with Crippen molar-refractivity contribution in [3.63, 3.8) is 0 Å². The lowest BCUT2D eigenvalue weighted by atomic mass is 10.2. The lowest BCUT2D eigenvalue weighted by Crippen LogP contribution is -2.34. The summed E-state index contributed by atoms with van der Waals surface area (Å²) in [4.78, 5) is 36.0. The molecular formula is C24H20FN3O5. The number of rotatable bonds is 8. The second kappa shape index (κ2) is 11.2. The molecule has 0 radical (unpaired) electrons. The van der Waals surface area contributed by atoms with Gasteiger partial charge >= 0.3 is 5.97 Å². The van der Waals surface area contributed by atoms with Crippen LogP contribution in [0.3, 0.4) is 0 Å². The number of esters is 1. The van der Waals surface area contributed by atoms with E-state index in [0.717, 1.165) is 6.07 Å². The fourth-order valence-corrected chi connectivity index (χ4v) is 2.69. The highest BCUT2D eigenvalue weighted by molar-refractivity contribution is 5.96. The Bertz CT molecular complexity index is 1180. The van der Waals surface area contributed by atoms with Crippen LogP contribution < -0.4 is 20.2 Å². The molecule has 2 N–H and O–H groups in total. The van der Waals surface area contributed by atoms with Gasteiger partial charge in [0.05, 0.1) is 25.4 Å². The van der Waals surface area contributed by atoms with Gasteiger partial charge in [0.25, 0.3) is 11.8 Å². The van der Waals surface area contributed by atoms with E-state index < -0.39 is 23.6 Å². The third-order valence-corrected chi connectivity index (χ3v) is 4.30. The molecule has 33 heavy (non-hydrogen) atoms. The minimum absolute atomic E-state index is 0.103. The number of hydrazone groups is 1.